The number of alkyl halides is 3. The minimum Gasteiger partial charge on any atom is -0.486 e. The van der Waals surface area contributed by atoms with Crippen LogP contribution in [0.25, 0.3) is 6.08 Å². The molecule has 0 unspecified atom stereocenters. The summed E-state index contributed by atoms with van der Waals surface area (Å²) >= 11 is 0.976. The van der Waals surface area contributed by atoms with Crippen molar-refractivity contribution in [1.29, 1.82) is 0 Å². The van der Waals surface area contributed by atoms with Gasteiger partial charge in [0.25, 0.3) is 0 Å². The van der Waals surface area contributed by atoms with Crippen molar-refractivity contribution in [2.45, 2.75) is 28.8 Å². The number of likely N-dealkylation sites (tertiary alicyclic amines) is 1. The van der Waals surface area contributed by atoms with Crippen molar-refractivity contribution in [1.82, 2.24) is 4.90 Å². The predicted octanol–water partition coefficient (Wildman–Crippen LogP) is 5.05. The predicted molar refractivity (Wildman–Crippen MR) is 123 cm³/mol. The van der Waals surface area contributed by atoms with Gasteiger partial charge in [-0.2, -0.15) is 13.2 Å². The molecule has 0 saturated carbocycles. The summed E-state index contributed by atoms with van der Waals surface area (Å²) in [5.74, 6) is -0.0532. The summed E-state index contributed by atoms with van der Waals surface area (Å²) in [5.41, 5.74) is -0.547. The SMILES string of the molecule is COC(=O)[C@@H]1CCCN(C(=O)/C=C/c2ccc(Sc3ccc4c(c3)OCCO4)c(C(F)(F)F)c2)C1. The Morgan fingerprint density at radius 2 is 1.89 bits per heavy atom. The molecule has 2 aliphatic heterocycles. The molecule has 2 aromatic rings. The number of carbonyl (C=O) groups is 2. The quantitative estimate of drug-likeness (QED) is 0.417. The summed E-state index contributed by atoms with van der Waals surface area (Å²) in [5, 5.41) is 0. The first-order chi connectivity index (χ1) is 16.7. The van der Waals surface area contributed by atoms with Crippen LogP contribution in [0, 0.1) is 5.92 Å². The number of rotatable bonds is 5. The van der Waals surface area contributed by atoms with E-state index >= 15 is 0 Å². The topological polar surface area (TPSA) is 65.1 Å². The number of fused-ring (bicyclic) bond motifs is 1. The molecule has 1 amide bonds. The monoisotopic (exact) mass is 507 g/mol. The van der Waals surface area contributed by atoms with Crippen molar-refractivity contribution in [2.75, 3.05) is 33.4 Å². The number of amides is 1. The van der Waals surface area contributed by atoms with Crippen LogP contribution in [-0.2, 0) is 20.5 Å². The number of ether oxygens (including phenoxy) is 3. The maximum atomic E-state index is 13.8. The molecular formula is C25H24F3NO5S. The highest BCUT2D eigenvalue weighted by Gasteiger charge is 2.34. The molecule has 6 nitrogen and oxygen atoms in total. The normalized spacial score (nSPS) is 17.9. The number of hydrogen-bond acceptors (Lipinski definition) is 6. The average molecular weight is 508 g/mol. The minimum absolute atomic E-state index is 0.0367. The van der Waals surface area contributed by atoms with Crippen LogP contribution >= 0.6 is 11.8 Å². The highest BCUT2D eigenvalue weighted by atomic mass is 32.2. The van der Waals surface area contributed by atoms with Gasteiger partial charge >= 0.3 is 12.1 Å². The van der Waals surface area contributed by atoms with Gasteiger partial charge in [-0.3, -0.25) is 9.59 Å². The Labute approximate surface area is 205 Å². The molecule has 10 heteroatoms. The number of hydrogen-bond donors (Lipinski definition) is 0. The molecule has 4 rings (SSSR count). The molecule has 0 aliphatic carbocycles. The molecule has 0 aromatic heterocycles. The first-order valence-corrected chi connectivity index (χ1v) is 11.9. The van der Waals surface area contributed by atoms with Crippen LogP contribution in [0.3, 0.4) is 0 Å². The summed E-state index contributed by atoms with van der Waals surface area (Å²) in [6, 6.07) is 8.97. The van der Waals surface area contributed by atoms with Gasteiger partial charge in [0.1, 0.15) is 13.2 Å². The average Bonchev–Trinajstić information content (AvgIpc) is 2.86. The number of carbonyl (C=O) groups excluding carboxylic acids is 2. The zero-order valence-corrected chi connectivity index (χ0v) is 19.8. The third-order valence-electron chi connectivity index (χ3n) is 5.74. The Hall–Kier alpha value is -3.14. The van der Waals surface area contributed by atoms with Crippen molar-refractivity contribution in [3.63, 3.8) is 0 Å². The third-order valence-corrected chi connectivity index (χ3v) is 6.80. The molecule has 0 radical (unpaired) electrons. The molecule has 0 bridgehead atoms. The summed E-state index contributed by atoms with van der Waals surface area (Å²) in [4.78, 5) is 26.5. The van der Waals surface area contributed by atoms with Gasteiger partial charge in [0.2, 0.25) is 5.91 Å². The van der Waals surface area contributed by atoms with E-state index < -0.39 is 11.7 Å². The molecule has 2 heterocycles. The van der Waals surface area contributed by atoms with Gasteiger partial charge in [-0.05, 0) is 54.8 Å². The number of benzene rings is 2. The van der Waals surface area contributed by atoms with Gasteiger partial charge < -0.3 is 19.1 Å². The molecular weight excluding hydrogens is 483 g/mol. The number of nitrogens with zero attached hydrogens (tertiary/aromatic N) is 1. The fraction of sp³-hybridized carbons (Fsp3) is 0.360. The van der Waals surface area contributed by atoms with Crippen LogP contribution < -0.4 is 9.47 Å². The summed E-state index contributed by atoms with van der Waals surface area (Å²) in [6.07, 6.45) is -0.688. The van der Waals surface area contributed by atoms with Gasteiger partial charge in [-0.25, -0.2) is 0 Å². The molecule has 35 heavy (non-hydrogen) atoms. The van der Waals surface area contributed by atoms with Crippen LogP contribution in [0.15, 0.2) is 52.3 Å². The number of piperidine rings is 1. The van der Waals surface area contributed by atoms with Crippen molar-refractivity contribution in [3.8, 4) is 11.5 Å². The van der Waals surface area contributed by atoms with E-state index in [2.05, 4.69) is 0 Å². The van der Waals surface area contributed by atoms with E-state index in [-0.39, 0.29) is 34.8 Å². The van der Waals surface area contributed by atoms with E-state index in [1.807, 2.05) is 0 Å². The molecule has 1 atom stereocenters. The highest BCUT2D eigenvalue weighted by molar-refractivity contribution is 7.99. The van der Waals surface area contributed by atoms with Crippen LogP contribution in [-0.4, -0.2) is 50.2 Å². The maximum absolute atomic E-state index is 13.8. The molecule has 186 valence electrons. The zero-order chi connectivity index (χ0) is 25.0. The van der Waals surface area contributed by atoms with Crippen LogP contribution in [0.1, 0.15) is 24.0 Å². The Kier molecular flexibility index (Phi) is 7.59. The number of halogens is 3. The summed E-state index contributed by atoms with van der Waals surface area (Å²) in [6.45, 7) is 1.53. The summed E-state index contributed by atoms with van der Waals surface area (Å²) < 4.78 is 57.3. The zero-order valence-electron chi connectivity index (χ0n) is 19.0. The van der Waals surface area contributed by atoms with Crippen molar-refractivity contribution >= 4 is 29.7 Å². The smallest absolute Gasteiger partial charge is 0.417 e. The van der Waals surface area contributed by atoms with Crippen molar-refractivity contribution in [3.05, 3.63) is 53.6 Å². The Bertz CT molecular complexity index is 1130. The second-order valence-corrected chi connectivity index (χ2v) is 9.26. The number of esters is 1. The molecule has 0 N–H and O–H groups in total. The molecule has 0 spiro atoms. The van der Waals surface area contributed by atoms with Gasteiger partial charge in [0.05, 0.1) is 18.6 Å². The molecule has 1 fully saturated rings. The first-order valence-electron chi connectivity index (χ1n) is 11.1. The number of methoxy groups -OCH3 is 1. The minimum atomic E-state index is -4.58. The van der Waals surface area contributed by atoms with Crippen LogP contribution in [0.5, 0.6) is 11.5 Å². The van der Waals surface area contributed by atoms with Crippen molar-refractivity contribution < 1.29 is 37.0 Å². The maximum Gasteiger partial charge on any atom is 0.417 e. The standard InChI is InChI=1S/C25H24F3NO5S/c1-32-24(31)17-3-2-10-29(15-17)23(30)9-5-16-4-8-22(19(13-16)25(26,27)28)35-18-6-7-20-21(14-18)34-12-11-33-20/h4-9,13-14,17H,2-3,10-12,15H2,1H3/b9-5+/t17-/m1/s1. The van der Waals surface area contributed by atoms with E-state index in [1.54, 1.807) is 18.2 Å². The lowest BCUT2D eigenvalue weighted by molar-refractivity contribution is -0.148. The third kappa shape index (κ3) is 6.11. The fourth-order valence-electron chi connectivity index (χ4n) is 3.99. The lowest BCUT2D eigenvalue weighted by atomic mass is 9.98. The van der Waals surface area contributed by atoms with E-state index in [9.17, 15) is 22.8 Å². The Balaban J connectivity index is 1.50. The second kappa shape index (κ2) is 10.6. The highest BCUT2D eigenvalue weighted by Crippen LogP contribution is 2.42. The van der Waals surface area contributed by atoms with Gasteiger partial charge in [-0.1, -0.05) is 17.8 Å². The van der Waals surface area contributed by atoms with E-state index in [0.29, 0.717) is 49.0 Å². The van der Waals surface area contributed by atoms with Gasteiger partial charge in [0, 0.05) is 29.0 Å². The molecule has 1 saturated heterocycles. The van der Waals surface area contributed by atoms with Crippen LogP contribution in [0.2, 0.25) is 0 Å². The van der Waals surface area contributed by atoms with E-state index in [0.717, 1.165) is 17.8 Å². The van der Waals surface area contributed by atoms with E-state index in [1.165, 1.54) is 36.3 Å². The molecule has 2 aromatic carbocycles. The lowest BCUT2D eigenvalue weighted by Gasteiger charge is -2.30. The Morgan fingerprint density at radius 1 is 1.11 bits per heavy atom. The molecule has 2 aliphatic rings. The van der Waals surface area contributed by atoms with Gasteiger partial charge in [-0.15, -0.1) is 0 Å². The summed E-state index contributed by atoms with van der Waals surface area (Å²) in [7, 11) is 1.30. The van der Waals surface area contributed by atoms with Gasteiger partial charge in [0.15, 0.2) is 11.5 Å². The fourth-order valence-corrected chi connectivity index (χ4v) is 4.96. The Morgan fingerprint density at radius 3 is 2.63 bits per heavy atom. The second-order valence-electron chi connectivity index (χ2n) is 8.14. The largest absolute Gasteiger partial charge is 0.486 e. The first kappa shape index (κ1) is 25.0. The van der Waals surface area contributed by atoms with Crippen molar-refractivity contribution in [2.24, 2.45) is 5.92 Å². The van der Waals surface area contributed by atoms with Crippen LogP contribution in [0.4, 0.5) is 13.2 Å². The lowest BCUT2D eigenvalue weighted by Crippen LogP contribution is -2.41. The van der Waals surface area contributed by atoms with E-state index in [4.69, 9.17) is 14.2 Å².